The lowest BCUT2D eigenvalue weighted by molar-refractivity contribution is -0.138. The molecule has 1 aliphatic heterocycles. The van der Waals surface area contributed by atoms with E-state index in [1.807, 2.05) is 0 Å². The van der Waals surface area contributed by atoms with Gasteiger partial charge in [-0.1, -0.05) is 42.2 Å². The third-order valence-corrected chi connectivity index (χ3v) is 6.75. The van der Waals surface area contributed by atoms with Gasteiger partial charge in [-0.15, -0.1) is 0 Å². The van der Waals surface area contributed by atoms with Gasteiger partial charge in [-0.25, -0.2) is 9.79 Å². The Labute approximate surface area is 233 Å². The van der Waals surface area contributed by atoms with Crippen molar-refractivity contribution in [2.45, 2.75) is 26.8 Å². The molecule has 10 nitrogen and oxygen atoms in total. The second-order valence-electron chi connectivity index (χ2n) is 8.64. The van der Waals surface area contributed by atoms with Gasteiger partial charge in [0.1, 0.15) is 12.4 Å². The van der Waals surface area contributed by atoms with Crippen LogP contribution in [0.1, 0.15) is 37.9 Å². The second-order valence-corrected chi connectivity index (χ2v) is 9.64. The number of hydrogen-bond donors (Lipinski definition) is 0. The number of aromatic nitrogens is 1. The molecule has 2 aromatic carbocycles. The summed E-state index contributed by atoms with van der Waals surface area (Å²) in [6, 6.07) is 10.6. The van der Waals surface area contributed by atoms with Gasteiger partial charge >= 0.3 is 17.9 Å². The van der Waals surface area contributed by atoms with E-state index < -0.39 is 23.9 Å². The van der Waals surface area contributed by atoms with Gasteiger partial charge in [-0.05, 0) is 48.4 Å². The molecule has 0 fully saturated rings. The maximum Gasteiger partial charge on any atom is 0.338 e. The van der Waals surface area contributed by atoms with E-state index in [0.29, 0.717) is 37.7 Å². The van der Waals surface area contributed by atoms with Gasteiger partial charge in [0, 0.05) is 13.8 Å². The second kappa shape index (κ2) is 12.0. The monoisotopic (exact) mass is 562 g/mol. The summed E-state index contributed by atoms with van der Waals surface area (Å²) in [5.74, 6) is -0.683. The summed E-state index contributed by atoms with van der Waals surface area (Å²) in [5.41, 5.74) is 1.46. The van der Waals surface area contributed by atoms with Crippen LogP contribution >= 0.6 is 11.3 Å². The summed E-state index contributed by atoms with van der Waals surface area (Å²) in [5, 5.41) is 0. The van der Waals surface area contributed by atoms with E-state index >= 15 is 0 Å². The number of nitrogens with zero attached hydrogens (tertiary/aromatic N) is 2. The summed E-state index contributed by atoms with van der Waals surface area (Å²) in [4.78, 5) is 54.6. The van der Waals surface area contributed by atoms with Crippen LogP contribution < -0.4 is 29.1 Å². The van der Waals surface area contributed by atoms with E-state index in [1.54, 1.807) is 55.5 Å². The van der Waals surface area contributed by atoms with Crippen molar-refractivity contribution in [3.8, 4) is 17.2 Å². The largest absolute Gasteiger partial charge is 0.493 e. The van der Waals surface area contributed by atoms with Crippen LogP contribution in [-0.4, -0.2) is 36.2 Å². The minimum absolute atomic E-state index is 0.0106. The first-order valence-corrected chi connectivity index (χ1v) is 12.9. The number of methoxy groups -OCH3 is 1. The van der Waals surface area contributed by atoms with Crippen molar-refractivity contribution in [1.82, 2.24) is 4.57 Å². The molecule has 4 rings (SSSR count). The Balaban J connectivity index is 1.86. The number of allylic oxidation sites excluding steroid dienone is 1. The lowest BCUT2D eigenvalue weighted by Gasteiger charge is -2.24. The fourth-order valence-corrected chi connectivity index (χ4v) is 5.21. The van der Waals surface area contributed by atoms with Crippen LogP contribution in [-0.2, 0) is 19.1 Å². The fourth-order valence-electron chi connectivity index (χ4n) is 4.16. The highest BCUT2D eigenvalue weighted by Crippen LogP contribution is 2.32. The van der Waals surface area contributed by atoms with E-state index in [-0.39, 0.29) is 23.5 Å². The molecule has 0 spiro atoms. The molecule has 0 radical (unpaired) electrons. The molecule has 1 aliphatic rings. The molecule has 1 unspecified atom stereocenters. The molecule has 40 heavy (non-hydrogen) atoms. The van der Waals surface area contributed by atoms with Crippen LogP contribution in [0.15, 0.2) is 76.2 Å². The zero-order valence-electron chi connectivity index (χ0n) is 22.3. The van der Waals surface area contributed by atoms with E-state index in [9.17, 15) is 19.2 Å². The number of thiazole rings is 1. The van der Waals surface area contributed by atoms with Crippen molar-refractivity contribution in [2.75, 3.05) is 13.7 Å². The van der Waals surface area contributed by atoms with Crippen molar-refractivity contribution in [3.05, 3.63) is 97.2 Å². The highest BCUT2D eigenvalue weighted by molar-refractivity contribution is 7.07. The molecule has 1 aromatic heterocycles. The predicted octanol–water partition coefficient (Wildman–Crippen LogP) is 2.82. The van der Waals surface area contributed by atoms with Gasteiger partial charge in [0.2, 0.25) is 0 Å². The SMILES string of the molecule is C=CCOC(=O)C1=C(C)N=c2s/c(=C\c3ccc(OC(C)=O)c(OC)c3)c(=O)n2C1c1ccc(OC(C)=O)cc1. The number of esters is 3. The van der Waals surface area contributed by atoms with Gasteiger partial charge in [-0.2, -0.15) is 0 Å². The summed E-state index contributed by atoms with van der Waals surface area (Å²) in [7, 11) is 1.45. The zero-order valence-corrected chi connectivity index (χ0v) is 23.1. The molecule has 11 heteroatoms. The van der Waals surface area contributed by atoms with Crippen LogP contribution in [0.25, 0.3) is 6.08 Å². The lowest BCUT2D eigenvalue weighted by Crippen LogP contribution is -2.39. The Morgan fingerprint density at radius 2 is 1.75 bits per heavy atom. The van der Waals surface area contributed by atoms with Crippen molar-refractivity contribution < 1.29 is 33.3 Å². The molecule has 1 atom stereocenters. The first-order valence-electron chi connectivity index (χ1n) is 12.1. The molecule has 3 aromatic rings. The van der Waals surface area contributed by atoms with Gasteiger partial charge < -0.3 is 18.9 Å². The van der Waals surface area contributed by atoms with E-state index in [0.717, 1.165) is 11.3 Å². The lowest BCUT2D eigenvalue weighted by atomic mass is 9.96. The Kier molecular flexibility index (Phi) is 8.44. The summed E-state index contributed by atoms with van der Waals surface area (Å²) in [6.45, 7) is 7.84. The molecular weight excluding hydrogens is 536 g/mol. The maximum atomic E-state index is 13.8. The molecule has 0 saturated carbocycles. The standard InChI is InChI=1S/C29H26N2O8S/c1-6-13-37-28(35)25-16(2)30-29-31(26(25)20-8-10-21(11-9-20)38-17(3)32)27(34)24(40-29)15-19-7-12-22(39-18(4)33)23(14-19)36-5/h6-12,14-15,26H,1,13H2,2-5H3/b24-15-. The molecule has 0 aliphatic carbocycles. The molecule has 206 valence electrons. The molecule has 2 heterocycles. The van der Waals surface area contributed by atoms with Crippen LogP contribution in [0.3, 0.4) is 0 Å². The minimum atomic E-state index is -0.844. The zero-order chi connectivity index (χ0) is 29.0. The average molecular weight is 563 g/mol. The number of carbonyl (C=O) groups is 3. The highest BCUT2D eigenvalue weighted by atomic mass is 32.1. The average Bonchev–Trinajstić information content (AvgIpc) is 3.21. The molecular formula is C29H26N2O8S. The molecule has 0 N–H and O–H groups in total. The normalized spacial score (nSPS) is 14.6. The van der Waals surface area contributed by atoms with E-state index in [2.05, 4.69) is 11.6 Å². The van der Waals surface area contributed by atoms with Gasteiger partial charge in [0.05, 0.1) is 29.0 Å². The number of hydrogen-bond acceptors (Lipinski definition) is 10. The Hall–Kier alpha value is -4.77. The Morgan fingerprint density at radius 3 is 2.38 bits per heavy atom. The van der Waals surface area contributed by atoms with E-state index in [1.165, 1.54) is 31.6 Å². The number of benzene rings is 2. The first-order chi connectivity index (χ1) is 19.1. The molecule has 0 bridgehead atoms. The molecule has 0 saturated heterocycles. The number of fused-ring (bicyclic) bond motifs is 1. The van der Waals surface area contributed by atoms with Gasteiger partial charge in [0.15, 0.2) is 16.3 Å². The van der Waals surface area contributed by atoms with Crippen molar-refractivity contribution >= 4 is 35.3 Å². The Morgan fingerprint density at radius 1 is 1.05 bits per heavy atom. The van der Waals surface area contributed by atoms with Crippen LogP contribution in [0, 0.1) is 0 Å². The van der Waals surface area contributed by atoms with Crippen molar-refractivity contribution in [1.29, 1.82) is 0 Å². The predicted molar refractivity (Wildman–Crippen MR) is 147 cm³/mol. The maximum absolute atomic E-state index is 13.8. The van der Waals surface area contributed by atoms with Crippen LogP contribution in [0.5, 0.6) is 17.2 Å². The topological polar surface area (TPSA) is 122 Å². The summed E-state index contributed by atoms with van der Waals surface area (Å²) < 4.78 is 22.8. The smallest absolute Gasteiger partial charge is 0.338 e. The Bertz CT molecular complexity index is 1710. The quantitative estimate of drug-likeness (QED) is 0.233. The molecule has 0 amide bonds. The minimum Gasteiger partial charge on any atom is -0.493 e. The number of ether oxygens (including phenoxy) is 4. The van der Waals surface area contributed by atoms with Crippen molar-refractivity contribution in [2.24, 2.45) is 4.99 Å². The highest BCUT2D eigenvalue weighted by Gasteiger charge is 2.33. The van der Waals surface area contributed by atoms with Crippen molar-refractivity contribution in [3.63, 3.8) is 0 Å². The fraction of sp³-hybridized carbons (Fsp3) is 0.207. The first kappa shape index (κ1) is 28.2. The third-order valence-electron chi connectivity index (χ3n) is 5.77. The summed E-state index contributed by atoms with van der Waals surface area (Å²) >= 11 is 1.16. The van der Waals surface area contributed by atoms with E-state index in [4.69, 9.17) is 18.9 Å². The van der Waals surface area contributed by atoms with Gasteiger partial charge in [0.25, 0.3) is 5.56 Å². The van der Waals surface area contributed by atoms with Gasteiger partial charge in [-0.3, -0.25) is 19.0 Å². The van der Waals surface area contributed by atoms with Crippen LogP contribution in [0.2, 0.25) is 0 Å². The summed E-state index contributed by atoms with van der Waals surface area (Å²) in [6.07, 6.45) is 3.12. The third kappa shape index (κ3) is 5.94. The number of rotatable bonds is 8. The number of carbonyl (C=O) groups excluding carboxylic acids is 3. The van der Waals surface area contributed by atoms with Crippen LogP contribution in [0.4, 0.5) is 0 Å².